The predicted octanol–water partition coefficient (Wildman–Crippen LogP) is 5.20. The van der Waals surface area contributed by atoms with Crippen LogP contribution in [0.1, 0.15) is 5.76 Å². The molecule has 1 aliphatic rings. The van der Waals surface area contributed by atoms with Gasteiger partial charge >= 0.3 is 0 Å². The van der Waals surface area contributed by atoms with Gasteiger partial charge in [-0.15, -0.1) is 0 Å². The van der Waals surface area contributed by atoms with Crippen molar-refractivity contribution in [3.8, 4) is 5.75 Å². The van der Waals surface area contributed by atoms with Crippen molar-refractivity contribution in [2.75, 3.05) is 23.1 Å². The van der Waals surface area contributed by atoms with Gasteiger partial charge in [-0.05, 0) is 48.5 Å². The zero-order valence-electron chi connectivity index (χ0n) is 17.2. The van der Waals surface area contributed by atoms with E-state index in [2.05, 4.69) is 10.3 Å². The molecule has 10 heteroatoms. The number of hydrogen-bond acceptors (Lipinski definition) is 6. The highest BCUT2D eigenvalue weighted by molar-refractivity contribution is 8.14. The Morgan fingerprint density at radius 1 is 1.27 bits per heavy atom. The normalized spacial score (nSPS) is 14.5. The third kappa shape index (κ3) is 5.27. The highest BCUT2D eigenvalue weighted by Gasteiger charge is 2.33. The summed E-state index contributed by atoms with van der Waals surface area (Å²) in [6.07, 6.45) is 3.00. The smallest absolute Gasteiger partial charge is 0.283 e. The minimum Gasteiger partial charge on any atom is -0.495 e. The summed E-state index contributed by atoms with van der Waals surface area (Å²) in [6.45, 7) is 0. The molecule has 33 heavy (non-hydrogen) atoms. The second kappa shape index (κ2) is 9.93. The Morgan fingerprint density at radius 3 is 2.82 bits per heavy atom. The van der Waals surface area contributed by atoms with Gasteiger partial charge in [0, 0.05) is 11.8 Å². The number of amides is 2. The first-order valence-electron chi connectivity index (χ1n) is 9.64. The van der Waals surface area contributed by atoms with Crippen LogP contribution in [0.2, 0.25) is 5.02 Å². The Hall–Kier alpha value is -3.56. The second-order valence-corrected chi connectivity index (χ2v) is 8.10. The summed E-state index contributed by atoms with van der Waals surface area (Å²) in [7, 11) is 1.49. The molecule has 1 N–H and O–H groups in total. The molecule has 0 saturated heterocycles. The number of benzene rings is 2. The first-order chi connectivity index (χ1) is 15.9. The molecule has 0 atom stereocenters. The molecule has 0 bridgehead atoms. The Labute approximate surface area is 197 Å². The van der Waals surface area contributed by atoms with E-state index in [1.807, 2.05) is 0 Å². The van der Waals surface area contributed by atoms with Gasteiger partial charge < -0.3 is 14.5 Å². The number of methoxy groups -OCH3 is 1. The molecule has 0 saturated carbocycles. The molecule has 0 aliphatic carbocycles. The van der Waals surface area contributed by atoms with Gasteiger partial charge in [0.25, 0.3) is 5.91 Å². The lowest BCUT2D eigenvalue weighted by molar-refractivity contribution is -0.114. The maximum atomic E-state index is 13.4. The summed E-state index contributed by atoms with van der Waals surface area (Å²) in [5.41, 5.74) is 0.942. The molecule has 1 aromatic heterocycles. The van der Waals surface area contributed by atoms with Crippen molar-refractivity contribution in [1.82, 2.24) is 0 Å². The van der Waals surface area contributed by atoms with Crippen molar-refractivity contribution in [1.29, 1.82) is 0 Å². The Kier molecular flexibility index (Phi) is 6.81. The molecular weight excluding hydrogens is 469 g/mol. The van der Waals surface area contributed by atoms with Crippen LogP contribution in [0, 0.1) is 5.82 Å². The van der Waals surface area contributed by atoms with Crippen molar-refractivity contribution < 1.29 is 23.1 Å². The van der Waals surface area contributed by atoms with E-state index >= 15 is 0 Å². The molecule has 7 nitrogen and oxygen atoms in total. The monoisotopic (exact) mass is 485 g/mol. The summed E-state index contributed by atoms with van der Waals surface area (Å²) in [6, 6.07) is 13.9. The minimum atomic E-state index is -0.457. The average molecular weight is 486 g/mol. The van der Waals surface area contributed by atoms with Crippen molar-refractivity contribution in [3.05, 3.63) is 83.2 Å². The largest absolute Gasteiger partial charge is 0.495 e. The standard InChI is InChI=1S/C23H17ClFN3O4S/c1-31-20-8-7-16(11-18(20)24)28-22(30)19(12-17-6-3-9-32-17)27-23(28)33-13-21(29)26-15-5-2-4-14(25)10-15/h2-12H,13H2,1H3,(H,26,29). The molecule has 1 aliphatic heterocycles. The molecule has 0 unspecified atom stereocenters. The van der Waals surface area contributed by atoms with Crippen molar-refractivity contribution in [3.63, 3.8) is 0 Å². The van der Waals surface area contributed by atoms with Gasteiger partial charge in [-0.1, -0.05) is 29.4 Å². The van der Waals surface area contributed by atoms with Crippen LogP contribution in [-0.2, 0) is 9.59 Å². The summed E-state index contributed by atoms with van der Waals surface area (Å²) >= 11 is 7.31. The lowest BCUT2D eigenvalue weighted by atomic mass is 10.2. The number of furan rings is 1. The van der Waals surface area contributed by atoms with Crippen LogP contribution in [0.5, 0.6) is 5.75 Å². The molecule has 4 rings (SSSR count). The second-order valence-electron chi connectivity index (χ2n) is 6.75. The van der Waals surface area contributed by atoms with E-state index in [4.69, 9.17) is 20.8 Å². The lowest BCUT2D eigenvalue weighted by Crippen LogP contribution is -2.31. The fourth-order valence-corrected chi connectivity index (χ4v) is 4.08. The molecule has 3 aromatic rings. The van der Waals surface area contributed by atoms with Gasteiger partial charge in [0.15, 0.2) is 5.17 Å². The van der Waals surface area contributed by atoms with Crippen LogP contribution < -0.4 is 15.0 Å². The first-order valence-corrected chi connectivity index (χ1v) is 11.0. The number of aliphatic imine (C=N–C) groups is 1. The number of carbonyl (C=O) groups is 2. The molecular formula is C23H17ClFN3O4S. The zero-order chi connectivity index (χ0) is 23.4. The van der Waals surface area contributed by atoms with Crippen LogP contribution in [0.15, 0.2) is 76.0 Å². The Bertz CT molecular complexity index is 1260. The number of carbonyl (C=O) groups excluding carboxylic acids is 2. The van der Waals surface area contributed by atoms with Crippen LogP contribution in [0.3, 0.4) is 0 Å². The van der Waals surface area contributed by atoms with Gasteiger partial charge in [0.2, 0.25) is 5.91 Å². The lowest BCUT2D eigenvalue weighted by Gasteiger charge is -2.18. The predicted molar refractivity (Wildman–Crippen MR) is 127 cm³/mol. The number of halogens is 2. The number of amidine groups is 1. The van der Waals surface area contributed by atoms with E-state index in [1.165, 1.54) is 42.5 Å². The molecule has 0 fully saturated rings. The SMILES string of the molecule is COc1ccc(N2C(=O)C(=Cc3ccco3)N=C2SCC(=O)Nc2cccc(F)c2)cc1Cl. The van der Waals surface area contributed by atoms with E-state index in [-0.39, 0.29) is 22.5 Å². The molecule has 0 spiro atoms. The Morgan fingerprint density at radius 2 is 2.12 bits per heavy atom. The summed E-state index contributed by atoms with van der Waals surface area (Å²) < 4.78 is 23.8. The zero-order valence-corrected chi connectivity index (χ0v) is 18.8. The van der Waals surface area contributed by atoms with Gasteiger partial charge in [-0.3, -0.25) is 14.5 Å². The van der Waals surface area contributed by atoms with Crippen LogP contribution in [0.4, 0.5) is 15.8 Å². The maximum Gasteiger partial charge on any atom is 0.283 e. The number of ether oxygens (including phenoxy) is 1. The highest BCUT2D eigenvalue weighted by atomic mass is 35.5. The van der Waals surface area contributed by atoms with E-state index < -0.39 is 11.7 Å². The van der Waals surface area contributed by atoms with Gasteiger partial charge in [-0.25, -0.2) is 9.38 Å². The maximum absolute atomic E-state index is 13.4. The number of thioether (sulfide) groups is 1. The molecule has 168 valence electrons. The average Bonchev–Trinajstić information content (AvgIpc) is 3.40. The summed E-state index contributed by atoms with van der Waals surface area (Å²) in [5, 5.41) is 3.22. The fraction of sp³-hybridized carbons (Fsp3) is 0.0870. The minimum absolute atomic E-state index is 0.0585. The van der Waals surface area contributed by atoms with Crippen molar-refractivity contribution in [2.45, 2.75) is 0 Å². The van der Waals surface area contributed by atoms with E-state index in [9.17, 15) is 14.0 Å². The quantitative estimate of drug-likeness (QED) is 0.485. The van der Waals surface area contributed by atoms with E-state index in [0.717, 1.165) is 11.8 Å². The van der Waals surface area contributed by atoms with Crippen LogP contribution >= 0.6 is 23.4 Å². The number of anilines is 2. The fourth-order valence-electron chi connectivity index (χ4n) is 3.02. The molecule has 2 aromatic carbocycles. The number of nitrogens with zero attached hydrogens (tertiary/aromatic N) is 2. The highest BCUT2D eigenvalue weighted by Crippen LogP contribution is 2.34. The van der Waals surface area contributed by atoms with Crippen molar-refractivity contribution >= 4 is 57.8 Å². The number of rotatable bonds is 6. The summed E-state index contributed by atoms with van der Waals surface area (Å²) in [5.74, 6) is -0.375. The molecule has 2 amide bonds. The first kappa shape index (κ1) is 22.6. The third-order valence-electron chi connectivity index (χ3n) is 4.49. The molecule has 2 heterocycles. The van der Waals surface area contributed by atoms with Crippen LogP contribution in [0.25, 0.3) is 6.08 Å². The van der Waals surface area contributed by atoms with E-state index in [1.54, 1.807) is 36.4 Å². The van der Waals surface area contributed by atoms with Gasteiger partial charge in [-0.2, -0.15) is 0 Å². The van der Waals surface area contributed by atoms with E-state index in [0.29, 0.717) is 27.9 Å². The van der Waals surface area contributed by atoms with Crippen molar-refractivity contribution in [2.24, 2.45) is 4.99 Å². The van der Waals surface area contributed by atoms with Gasteiger partial charge in [0.05, 0.1) is 29.8 Å². The number of hydrogen-bond donors (Lipinski definition) is 1. The Balaban J connectivity index is 1.57. The van der Waals surface area contributed by atoms with Crippen LogP contribution in [-0.4, -0.2) is 29.8 Å². The topological polar surface area (TPSA) is 84.1 Å². The third-order valence-corrected chi connectivity index (χ3v) is 5.72. The number of nitrogens with one attached hydrogen (secondary N) is 1. The summed E-state index contributed by atoms with van der Waals surface area (Å²) in [4.78, 5) is 31.3. The van der Waals surface area contributed by atoms with Gasteiger partial charge in [0.1, 0.15) is 23.0 Å². The molecule has 0 radical (unpaired) electrons.